The predicted molar refractivity (Wildman–Crippen MR) is 108 cm³/mol. The van der Waals surface area contributed by atoms with E-state index in [4.69, 9.17) is 14.4 Å². The Hall–Kier alpha value is -4.38. The zero-order valence-corrected chi connectivity index (χ0v) is 16.0. The number of hydrogen-bond donors (Lipinski definition) is 2. The number of aryl methyl sites for hydroxylation is 1. The molecule has 150 valence electrons. The number of anilines is 2. The number of furan rings is 1. The van der Waals surface area contributed by atoms with Gasteiger partial charge >= 0.3 is 5.97 Å². The Kier molecular flexibility index (Phi) is 6.25. The maximum Gasteiger partial charge on any atom is 0.338 e. The van der Waals surface area contributed by atoms with Crippen LogP contribution in [0.5, 0.6) is 0 Å². The van der Waals surface area contributed by atoms with Gasteiger partial charge in [-0.2, -0.15) is 5.26 Å². The number of ether oxygens (including phenoxy) is 1. The molecule has 0 aliphatic heterocycles. The van der Waals surface area contributed by atoms with Crippen LogP contribution in [0.25, 0.3) is 0 Å². The molecule has 8 heteroatoms. The highest BCUT2D eigenvalue weighted by atomic mass is 16.5. The van der Waals surface area contributed by atoms with Crippen LogP contribution in [0.15, 0.2) is 65.3 Å². The molecule has 2 N–H and O–H groups in total. The molecule has 0 saturated carbocycles. The first-order valence-electron chi connectivity index (χ1n) is 8.89. The first-order valence-corrected chi connectivity index (χ1v) is 8.89. The van der Waals surface area contributed by atoms with E-state index < -0.39 is 24.4 Å². The SMILES string of the molecule is Cc1ccc(C(=O)OCC(=O)Nc2ccc(C#N)cc2)cc1NC(=O)c1ccco1. The Morgan fingerprint density at radius 1 is 1.07 bits per heavy atom. The van der Waals surface area contributed by atoms with Crippen molar-refractivity contribution in [2.24, 2.45) is 0 Å². The number of benzene rings is 2. The topological polar surface area (TPSA) is 121 Å². The molecule has 3 aromatic rings. The second-order valence-corrected chi connectivity index (χ2v) is 6.27. The molecule has 30 heavy (non-hydrogen) atoms. The van der Waals surface area contributed by atoms with E-state index in [2.05, 4.69) is 10.6 Å². The number of nitriles is 1. The van der Waals surface area contributed by atoms with Crippen molar-refractivity contribution in [1.82, 2.24) is 0 Å². The molecule has 1 heterocycles. The molecule has 3 rings (SSSR count). The third kappa shape index (κ3) is 5.11. The zero-order valence-electron chi connectivity index (χ0n) is 16.0. The fourth-order valence-electron chi connectivity index (χ4n) is 2.51. The Morgan fingerprint density at radius 2 is 1.83 bits per heavy atom. The van der Waals surface area contributed by atoms with Gasteiger partial charge in [0, 0.05) is 11.4 Å². The molecule has 0 bridgehead atoms. The van der Waals surface area contributed by atoms with Crippen LogP contribution in [0.1, 0.15) is 32.0 Å². The lowest BCUT2D eigenvalue weighted by Gasteiger charge is -2.10. The molecule has 2 aromatic carbocycles. The van der Waals surface area contributed by atoms with E-state index in [9.17, 15) is 14.4 Å². The minimum atomic E-state index is -0.710. The number of carbonyl (C=O) groups excluding carboxylic acids is 3. The lowest BCUT2D eigenvalue weighted by Crippen LogP contribution is -2.21. The van der Waals surface area contributed by atoms with Crippen LogP contribution in [-0.2, 0) is 9.53 Å². The highest BCUT2D eigenvalue weighted by Crippen LogP contribution is 2.19. The second-order valence-electron chi connectivity index (χ2n) is 6.27. The third-order valence-electron chi connectivity index (χ3n) is 4.10. The first kappa shape index (κ1) is 20.4. The van der Waals surface area contributed by atoms with Crippen LogP contribution < -0.4 is 10.6 Å². The first-order chi connectivity index (χ1) is 14.5. The van der Waals surface area contributed by atoms with E-state index in [0.717, 1.165) is 5.56 Å². The number of carbonyl (C=O) groups is 3. The van der Waals surface area contributed by atoms with Crippen LogP contribution in [0.2, 0.25) is 0 Å². The molecule has 2 amide bonds. The molecule has 0 fully saturated rings. The van der Waals surface area contributed by atoms with Gasteiger partial charge in [0.15, 0.2) is 12.4 Å². The molecular weight excluding hydrogens is 386 g/mol. The van der Waals surface area contributed by atoms with Crippen LogP contribution in [0.4, 0.5) is 11.4 Å². The van der Waals surface area contributed by atoms with Gasteiger partial charge in [-0.15, -0.1) is 0 Å². The molecule has 8 nitrogen and oxygen atoms in total. The fourth-order valence-corrected chi connectivity index (χ4v) is 2.51. The van der Waals surface area contributed by atoms with Crippen molar-refractivity contribution in [2.75, 3.05) is 17.2 Å². The number of rotatable bonds is 6. The summed E-state index contributed by atoms with van der Waals surface area (Å²) in [4.78, 5) is 36.4. The van der Waals surface area contributed by atoms with Gasteiger partial charge in [-0.3, -0.25) is 9.59 Å². The quantitative estimate of drug-likeness (QED) is 0.608. The molecule has 0 unspecified atom stereocenters. The molecule has 0 spiro atoms. The molecule has 1 aromatic heterocycles. The van der Waals surface area contributed by atoms with Gasteiger partial charge in [0.2, 0.25) is 0 Å². The number of amides is 2. The average Bonchev–Trinajstić information content (AvgIpc) is 3.29. The summed E-state index contributed by atoms with van der Waals surface area (Å²) in [5, 5.41) is 14.0. The van der Waals surface area contributed by atoms with Crippen molar-refractivity contribution < 1.29 is 23.5 Å². The lowest BCUT2D eigenvalue weighted by atomic mass is 10.1. The number of esters is 1. The Labute approximate surface area is 172 Å². The maximum absolute atomic E-state index is 12.3. The van der Waals surface area contributed by atoms with Crippen molar-refractivity contribution in [2.45, 2.75) is 6.92 Å². The van der Waals surface area contributed by atoms with E-state index in [1.165, 1.54) is 18.4 Å². The Balaban J connectivity index is 1.58. The number of hydrogen-bond acceptors (Lipinski definition) is 6. The lowest BCUT2D eigenvalue weighted by molar-refractivity contribution is -0.119. The van der Waals surface area contributed by atoms with Crippen molar-refractivity contribution in [1.29, 1.82) is 5.26 Å². The normalized spacial score (nSPS) is 10.0. The van der Waals surface area contributed by atoms with E-state index in [1.54, 1.807) is 49.4 Å². The number of nitrogens with zero attached hydrogens (tertiary/aromatic N) is 1. The van der Waals surface area contributed by atoms with Crippen LogP contribution in [0, 0.1) is 18.3 Å². The number of nitrogens with one attached hydrogen (secondary N) is 2. The van der Waals surface area contributed by atoms with Gasteiger partial charge in [0.1, 0.15) is 0 Å². The summed E-state index contributed by atoms with van der Waals surface area (Å²) in [6.45, 7) is 1.29. The smallest absolute Gasteiger partial charge is 0.338 e. The van der Waals surface area contributed by atoms with Gasteiger partial charge in [-0.1, -0.05) is 6.07 Å². The summed E-state index contributed by atoms with van der Waals surface area (Å²) in [5.74, 6) is -1.54. The third-order valence-corrected chi connectivity index (χ3v) is 4.10. The second kappa shape index (κ2) is 9.21. The summed E-state index contributed by atoms with van der Waals surface area (Å²) in [5.41, 5.74) is 2.29. The predicted octanol–water partition coefficient (Wildman–Crippen LogP) is 3.51. The van der Waals surface area contributed by atoms with Gasteiger partial charge < -0.3 is 19.8 Å². The summed E-state index contributed by atoms with van der Waals surface area (Å²) < 4.78 is 10.1. The van der Waals surface area contributed by atoms with E-state index in [1.807, 2.05) is 6.07 Å². The largest absolute Gasteiger partial charge is 0.459 e. The van der Waals surface area contributed by atoms with Crippen molar-refractivity contribution >= 4 is 29.2 Å². The van der Waals surface area contributed by atoms with E-state index >= 15 is 0 Å². The summed E-state index contributed by atoms with van der Waals surface area (Å²) in [6, 6.07) is 16.0. The maximum atomic E-state index is 12.3. The molecule has 0 saturated heterocycles. The highest BCUT2D eigenvalue weighted by molar-refractivity contribution is 6.03. The molecule has 0 radical (unpaired) electrons. The fraction of sp³-hybridized carbons (Fsp3) is 0.0909. The minimum absolute atomic E-state index is 0.141. The summed E-state index contributed by atoms with van der Waals surface area (Å²) in [6.07, 6.45) is 1.39. The van der Waals surface area contributed by atoms with Gasteiger partial charge in [-0.05, 0) is 61.0 Å². The van der Waals surface area contributed by atoms with Crippen LogP contribution in [0.3, 0.4) is 0 Å². The van der Waals surface area contributed by atoms with Gasteiger partial charge in [-0.25, -0.2) is 4.79 Å². The summed E-state index contributed by atoms with van der Waals surface area (Å²) >= 11 is 0. The highest BCUT2D eigenvalue weighted by Gasteiger charge is 2.15. The van der Waals surface area contributed by atoms with Crippen LogP contribution in [-0.4, -0.2) is 24.4 Å². The van der Waals surface area contributed by atoms with Crippen molar-refractivity contribution in [3.05, 3.63) is 83.3 Å². The summed E-state index contributed by atoms with van der Waals surface area (Å²) in [7, 11) is 0. The van der Waals surface area contributed by atoms with Crippen molar-refractivity contribution in [3.8, 4) is 6.07 Å². The Morgan fingerprint density at radius 3 is 2.50 bits per heavy atom. The molecule has 0 aliphatic rings. The minimum Gasteiger partial charge on any atom is -0.459 e. The van der Waals surface area contributed by atoms with Gasteiger partial charge in [0.05, 0.1) is 23.5 Å². The molecule has 0 aliphatic carbocycles. The molecule has 0 atom stereocenters. The monoisotopic (exact) mass is 403 g/mol. The van der Waals surface area contributed by atoms with Crippen molar-refractivity contribution in [3.63, 3.8) is 0 Å². The van der Waals surface area contributed by atoms with Crippen LogP contribution >= 0.6 is 0 Å². The van der Waals surface area contributed by atoms with Gasteiger partial charge in [0.25, 0.3) is 11.8 Å². The molecular formula is C22H17N3O5. The Bertz CT molecular complexity index is 1110. The van der Waals surface area contributed by atoms with E-state index in [-0.39, 0.29) is 11.3 Å². The average molecular weight is 403 g/mol. The van der Waals surface area contributed by atoms with E-state index in [0.29, 0.717) is 16.9 Å². The standard InChI is InChI=1S/C22H17N3O5/c1-14-4-7-16(11-18(14)25-21(27)19-3-2-10-29-19)22(28)30-13-20(26)24-17-8-5-15(12-23)6-9-17/h2-11H,13H2,1H3,(H,24,26)(H,25,27). The zero-order chi connectivity index (χ0) is 21.5.